The molecule has 0 unspecified atom stereocenters. The zero-order chi connectivity index (χ0) is 58.7. The van der Waals surface area contributed by atoms with Gasteiger partial charge in [0.25, 0.3) is 0 Å². The van der Waals surface area contributed by atoms with Crippen molar-refractivity contribution in [1.29, 1.82) is 0 Å². The molecule has 18 aromatic rings. The molecule has 6 heterocycles. The van der Waals surface area contributed by atoms with Gasteiger partial charge in [0.15, 0.2) is 23.3 Å². The van der Waals surface area contributed by atoms with E-state index < -0.39 is 0 Å². The van der Waals surface area contributed by atoms with E-state index in [9.17, 15) is 0 Å². The lowest BCUT2D eigenvalue weighted by atomic mass is 9.95. The maximum Gasteiger partial charge on any atom is 0.238 e. The van der Waals surface area contributed by atoms with Gasteiger partial charge in [-0.2, -0.15) is 19.9 Å². The van der Waals surface area contributed by atoms with E-state index in [2.05, 4.69) is 197 Å². The number of furan rings is 3. The molecule has 6 aromatic heterocycles. The number of fused-ring (bicyclic) bond motifs is 12. The minimum Gasteiger partial charge on any atom is -0.456 e. The van der Waals surface area contributed by atoms with Gasteiger partial charge in [-0.1, -0.05) is 182 Å². The molecular formula is C78H44ClN7O3. The van der Waals surface area contributed by atoms with E-state index in [1.165, 1.54) is 0 Å². The van der Waals surface area contributed by atoms with Crippen molar-refractivity contribution < 1.29 is 13.3 Å². The number of benzene rings is 12. The molecule has 11 heteroatoms. The third-order valence-electron chi connectivity index (χ3n) is 17.1. The number of para-hydroxylation sites is 4. The first-order valence-corrected chi connectivity index (χ1v) is 29.7. The van der Waals surface area contributed by atoms with Crippen molar-refractivity contribution in [3.05, 3.63) is 272 Å². The first-order valence-electron chi connectivity index (χ1n) is 29.3. The Morgan fingerprint density at radius 3 is 1.28 bits per heavy atom. The number of rotatable bonds is 9. The molecule has 0 amide bonds. The number of halogens is 1. The Balaban J connectivity index is 0.759. The van der Waals surface area contributed by atoms with E-state index >= 15 is 0 Å². The molecule has 0 bridgehead atoms. The zero-order valence-electron chi connectivity index (χ0n) is 47.1. The molecule has 10 nitrogen and oxygen atoms in total. The van der Waals surface area contributed by atoms with Crippen LogP contribution in [0, 0.1) is 0 Å². The van der Waals surface area contributed by atoms with Crippen LogP contribution in [-0.2, 0) is 0 Å². The van der Waals surface area contributed by atoms with Crippen molar-refractivity contribution in [3.8, 4) is 96.0 Å². The van der Waals surface area contributed by atoms with Crippen LogP contribution in [0.2, 0.25) is 5.28 Å². The van der Waals surface area contributed by atoms with Crippen LogP contribution in [0.25, 0.3) is 184 Å². The topological polar surface area (TPSA) is 122 Å². The van der Waals surface area contributed by atoms with Crippen LogP contribution in [0.3, 0.4) is 0 Å². The Morgan fingerprint density at radius 2 is 0.640 bits per heavy atom. The minimum absolute atomic E-state index is 0.117. The van der Waals surface area contributed by atoms with Crippen LogP contribution in [0.5, 0.6) is 0 Å². The summed E-state index contributed by atoms with van der Waals surface area (Å²) in [5.41, 5.74) is 18.4. The van der Waals surface area contributed by atoms with Gasteiger partial charge in [-0.15, -0.1) is 0 Å². The molecule has 416 valence electrons. The van der Waals surface area contributed by atoms with Crippen LogP contribution in [0.15, 0.2) is 280 Å². The van der Waals surface area contributed by atoms with Gasteiger partial charge in [-0.3, -0.25) is 4.57 Å². The van der Waals surface area contributed by atoms with E-state index in [1.54, 1.807) is 0 Å². The van der Waals surface area contributed by atoms with Crippen molar-refractivity contribution in [2.75, 3.05) is 0 Å². The molecule has 89 heavy (non-hydrogen) atoms. The number of hydrogen-bond donors (Lipinski definition) is 0. The number of nitrogens with zero attached hydrogens (tertiary/aromatic N) is 7. The van der Waals surface area contributed by atoms with Gasteiger partial charge < -0.3 is 13.3 Å². The highest BCUT2D eigenvalue weighted by atomic mass is 35.5. The summed E-state index contributed by atoms with van der Waals surface area (Å²) in [6.45, 7) is 0. The second-order valence-electron chi connectivity index (χ2n) is 22.3. The number of aromatic nitrogens is 7. The summed E-state index contributed by atoms with van der Waals surface area (Å²) >= 11 is 6.48. The van der Waals surface area contributed by atoms with Gasteiger partial charge in [0.05, 0.1) is 11.0 Å². The second kappa shape index (κ2) is 20.1. The predicted octanol–water partition coefficient (Wildman–Crippen LogP) is 20.8. The molecule has 0 saturated carbocycles. The standard InChI is InChI=1S/C78H44ClN7O3/c79-77-82-73(45-14-2-1-3-15-45)80-74(83-77)54-32-36-62-64-41-50(33-37-68(64)89-71(62)43-54)49-19-12-21-53(40-49)75-81-76(55-31-35-61-59-24-6-9-29-67(59)88-70(61)44-55)85-78(84-75)86-65-27-7-4-22-57(65)63-26-13-25-56(72(63)86)52-20-11-18-48(39-52)46-16-10-17-47(38-46)51-30-34-60-58-23-5-8-28-66(58)87-69(60)42-51/h1-44H. The quantitative estimate of drug-likeness (QED) is 0.139. The van der Waals surface area contributed by atoms with Gasteiger partial charge in [-0.25, -0.2) is 9.97 Å². The van der Waals surface area contributed by atoms with Gasteiger partial charge in [0.1, 0.15) is 33.5 Å². The molecule has 0 aliphatic rings. The Morgan fingerprint density at radius 1 is 0.247 bits per heavy atom. The lowest BCUT2D eigenvalue weighted by Gasteiger charge is -2.14. The van der Waals surface area contributed by atoms with Gasteiger partial charge >= 0.3 is 0 Å². The molecule has 0 fully saturated rings. The van der Waals surface area contributed by atoms with Gasteiger partial charge in [0, 0.05) is 70.9 Å². The summed E-state index contributed by atoms with van der Waals surface area (Å²) < 4.78 is 21.5. The van der Waals surface area contributed by atoms with Gasteiger partial charge in [0.2, 0.25) is 11.2 Å². The fourth-order valence-corrected chi connectivity index (χ4v) is 13.0. The highest BCUT2D eigenvalue weighted by molar-refractivity contribution is 6.28. The molecule has 0 radical (unpaired) electrons. The molecular weight excluding hydrogens is 1120 g/mol. The van der Waals surface area contributed by atoms with Crippen molar-refractivity contribution >= 4 is 99.2 Å². The van der Waals surface area contributed by atoms with E-state index in [4.69, 9.17) is 44.8 Å². The Kier molecular flexibility index (Phi) is 11.4. The van der Waals surface area contributed by atoms with Crippen LogP contribution in [0.1, 0.15) is 0 Å². The lowest BCUT2D eigenvalue weighted by molar-refractivity contribution is 0.668. The predicted molar refractivity (Wildman–Crippen MR) is 358 cm³/mol. The summed E-state index contributed by atoms with van der Waals surface area (Å²) in [5.74, 6) is 2.45. The molecule has 0 aliphatic heterocycles. The van der Waals surface area contributed by atoms with Crippen LogP contribution in [0.4, 0.5) is 0 Å². The summed E-state index contributed by atoms with van der Waals surface area (Å²) in [6.07, 6.45) is 0. The van der Waals surface area contributed by atoms with Crippen LogP contribution in [-0.4, -0.2) is 34.5 Å². The Bertz CT molecular complexity index is 5920. The average molecular weight is 1160 g/mol. The highest BCUT2D eigenvalue weighted by Gasteiger charge is 2.23. The van der Waals surface area contributed by atoms with Crippen molar-refractivity contribution in [2.45, 2.75) is 0 Å². The van der Waals surface area contributed by atoms with Crippen molar-refractivity contribution in [2.24, 2.45) is 0 Å². The third kappa shape index (κ3) is 8.56. The molecule has 0 aliphatic carbocycles. The van der Waals surface area contributed by atoms with Gasteiger partial charge in [-0.05, 0) is 135 Å². The van der Waals surface area contributed by atoms with E-state index in [0.29, 0.717) is 34.8 Å². The van der Waals surface area contributed by atoms with Crippen molar-refractivity contribution in [1.82, 2.24) is 34.5 Å². The monoisotopic (exact) mass is 1160 g/mol. The molecule has 12 aromatic carbocycles. The summed E-state index contributed by atoms with van der Waals surface area (Å²) in [5, 5.41) is 8.49. The average Bonchev–Trinajstić information content (AvgIpc) is 1.76. The SMILES string of the molecule is Clc1nc(-c2ccccc2)nc(-c2ccc3c(c2)oc2ccc(-c4cccc(-c5nc(-c6ccc7c(c6)oc6ccccc67)nc(-n6c7ccccc7c7cccc(-c8cccc(-c9cccc(-c%10ccc%11c(c%10)oc%10ccccc%10%11)c9)c8)c76)n5)c4)cc23)n1. The summed E-state index contributed by atoms with van der Waals surface area (Å²) in [6, 6.07) is 92.0. The molecule has 0 saturated heterocycles. The fraction of sp³-hybridized carbons (Fsp3) is 0. The summed E-state index contributed by atoms with van der Waals surface area (Å²) in [7, 11) is 0. The Hall–Kier alpha value is -11.9. The second-order valence-corrected chi connectivity index (χ2v) is 22.7. The number of hydrogen-bond acceptors (Lipinski definition) is 9. The largest absolute Gasteiger partial charge is 0.456 e. The van der Waals surface area contributed by atoms with Crippen molar-refractivity contribution in [3.63, 3.8) is 0 Å². The maximum absolute atomic E-state index is 6.51. The smallest absolute Gasteiger partial charge is 0.238 e. The molecule has 0 atom stereocenters. The third-order valence-corrected chi connectivity index (χ3v) is 17.2. The molecule has 0 spiro atoms. The lowest BCUT2D eigenvalue weighted by Crippen LogP contribution is -2.07. The highest BCUT2D eigenvalue weighted by Crippen LogP contribution is 2.42. The maximum atomic E-state index is 6.51. The first kappa shape index (κ1) is 50.5. The summed E-state index contributed by atoms with van der Waals surface area (Å²) in [4.78, 5) is 30.0. The molecule has 0 N–H and O–H groups in total. The van der Waals surface area contributed by atoms with Crippen LogP contribution < -0.4 is 0 Å². The van der Waals surface area contributed by atoms with Crippen LogP contribution >= 0.6 is 11.6 Å². The van der Waals surface area contributed by atoms with E-state index in [0.717, 1.165) is 149 Å². The normalized spacial score (nSPS) is 11.9. The molecule has 18 rings (SSSR count). The Labute approximate surface area is 512 Å². The first-order chi connectivity index (χ1) is 43.9. The fourth-order valence-electron chi connectivity index (χ4n) is 12.8. The van der Waals surface area contributed by atoms with E-state index in [-0.39, 0.29) is 5.28 Å². The zero-order valence-corrected chi connectivity index (χ0v) is 47.9. The minimum atomic E-state index is 0.117. The van der Waals surface area contributed by atoms with E-state index in [1.807, 2.05) is 84.9 Å².